The minimum Gasteiger partial charge on any atom is -0.396 e. The van der Waals surface area contributed by atoms with Gasteiger partial charge in [-0.1, -0.05) is 0 Å². The Kier molecular flexibility index (Phi) is 3.45. The number of nitrogens with zero attached hydrogens (tertiary/aromatic N) is 3. The summed E-state index contributed by atoms with van der Waals surface area (Å²) in [5.41, 5.74) is 6.81. The van der Waals surface area contributed by atoms with Gasteiger partial charge in [-0.2, -0.15) is 5.26 Å². The molecule has 17 heavy (non-hydrogen) atoms. The number of aromatic nitrogens is 1. The van der Waals surface area contributed by atoms with E-state index in [1.165, 1.54) is 19.0 Å². The first kappa shape index (κ1) is 11.7. The molecule has 0 aliphatic heterocycles. The predicted octanol–water partition coefficient (Wildman–Crippen LogP) is 1.04. The third-order valence-corrected chi connectivity index (χ3v) is 2.97. The van der Waals surface area contributed by atoms with Crippen LogP contribution in [-0.4, -0.2) is 36.1 Å². The van der Waals surface area contributed by atoms with E-state index >= 15 is 0 Å². The van der Waals surface area contributed by atoms with E-state index in [0.717, 1.165) is 19.1 Å². The molecule has 0 saturated heterocycles. The maximum absolute atomic E-state index is 8.70. The Balaban J connectivity index is 1.84. The molecule has 1 heterocycles. The van der Waals surface area contributed by atoms with Crippen molar-refractivity contribution in [2.24, 2.45) is 0 Å². The first-order valence-corrected chi connectivity index (χ1v) is 5.80. The Labute approximate surface area is 101 Å². The van der Waals surface area contributed by atoms with Crippen molar-refractivity contribution in [3.63, 3.8) is 0 Å². The maximum Gasteiger partial charge on any atom is 0.149 e. The molecular weight excluding hydrogens is 214 g/mol. The smallest absolute Gasteiger partial charge is 0.149 e. The second-order valence-corrected chi connectivity index (χ2v) is 4.41. The molecule has 0 aromatic carbocycles. The fourth-order valence-electron chi connectivity index (χ4n) is 1.74. The molecule has 90 valence electrons. The van der Waals surface area contributed by atoms with E-state index < -0.39 is 0 Å². The number of rotatable bonds is 5. The summed E-state index contributed by atoms with van der Waals surface area (Å²) in [6.45, 7) is 1.79. The summed E-state index contributed by atoms with van der Waals surface area (Å²) in [6.07, 6.45) is 4.16. The quantitative estimate of drug-likeness (QED) is 0.791. The zero-order valence-corrected chi connectivity index (χ0v) is 9.98. The monoisotopic (exact) mass is 231 g/mol. The summed E-state index contributed by atoms with van der Waals surface area (Å²) >= 11 is 0. The largest absolute Gasteiger partial charge is 0.396 e. The molecule has 5 heteroatoms. The number of anilines is 2. The van der Waals surface area contributed by atoms with Crippen molar-refractivity contribution in [2.75, 3.05) is 31.2 Å². The van der Waals surface area contributed by atoms with Crippen LogP contribution in [0.3, 0.4) is 0 Å². The van der Waals surface area contributed by atoms with Crippen LogP contribution >= 0.6 is 0 Å². The molecule has 2 rings (SSSR count). The van der Waals surface area contributed by atoms with Crippen molar-refractivity contribution in [3.8, 4) is 6.07 Å². The lowest BCUT2D eigenvalue weighted by atomic mass is 10.3. The van der Waals surface area contributed by atoms with Crippen molar-refractivity contribution < 1.29 is 0 Å². The molecule has 0 atom stereocenters. The highest BCUT2D eigenvalue weighted by Gasteiger charge is 2.25. The number of hydrogen-bond donors (Lipinski definition) is 2. The fraction of sp³-hybridized carbons (Fsp3) is 0.500. The molecule has 1 aliphatic rings. The molecule has 1 fully saturated rings. The summed E-state index contributed by atoms with van der Waals surface area (Å²) in [5.74, 6) is 0.660. The molecule has 3 N–H and O–H groups in total. The number of nitrogens with two attached hydrogens (primary N) is 1. The summed E-state index contributed by atoms with van der Waals surface area (Å²) in [6, 6.07) is 4.42. The zero-order valence-electron chi connectivity index (χ0n) is 9.98. The molecule has 1 aromatic heterocycles. The minimum absolute atomic E-state index is 0.489. The second-order valence-electron chi connectivity index (χ2n) is 4.41. The van der Waals surface area contributed by atoms with Gasteiger partial charge in [-0.05, 0) is 26.0 Å². The summed E-state index contributed by atoms with van der Waals surface area (Å²) in [7, 11) is 2.13. The third kappa shape index (κ3) is 3.08. The molecule has 0 bridgehead atoms. The Morgan fingerprint density at radius 1 is 1.65 bits per heavy atom. The van der Waals surface area contributed by atoms with E-state index in [4.69, 9.17) is 11.0 Å². The summed E-state index contributed by atoms with van der Waals surface area (Å²) < 4.78 is 0. The van der Waals surface area contributed by atoms with E-state index in [1.807, 2.05) is 6.07 Å². The van der Waals surface area contributed by atoms with Gasteiger partial charge in [0.25, 0.3) is 0 Å². The number of pyridine rings is 1. The van der Waals surface area contributed by atoms with Crippen LogP contribution in [-0.2, 0) is 0 Å². The molecule has 5 nitrogen and oxygen atoms in total. The van der Waals surface area contributed by atoms with E-state index in [0.29, 0.717) is 17.1 Å². The first-order valence-electron chi connectivity index (χ1n) is 5.80. The maximum atomic E-state index is 8.70. The third-order valence-electron chi connectivity index (χ3n) is 2.97. The van der Waals surface area contributed by atoms with E-state index in [9.17, 15) is 0 Å². The van der Waals surface area contributed by atoms with Crippen LogP contribution in [0.1, 0.15) is 18.4 Å². The van der Waals surface area contributed by atoms with Gasteiger partial charge in [-0.3, -0.25) is 0 Å². The van der Waals surface area contributed by atoms with Gasteiger partial charge in [0.1, 0.15) is 11.9 Å². The van der Waals surface area contributed by atoms with Crippen LogP contribution in [0.2, 0.25) is 0 Å². The van der Waals surface area contributed by atoms with Crippen LogP contribution in [0.4, 0.5) is 11.5 Å². The molecular formula is C12H17N5. The van der Waals surface area contributed by atoms with Gasteiger partial charge in [0.2, 0.25) is 0 Å². The predicted molar refractivity (Wildman–Crippen MR) is 67.5 cm³/mol. The standard InChI is InChI=1S/C12H17N5/c1-17(10-2-3-10)5-4-15-12-11(14)6-9(7-13)8-16-12/h6,8,10H,2-5,14H2,1H3,(H,15,16). The number of likely N-dealkylation sites (N-methyl/N-ethyl adjacent to an activating group) is 1. The van der Waals surface area contributed by atoms with Crippen molar-refractivity contribution in [1.82, 2.24) is 9.88 Å². The van der Waals surface area contributed by atoms with Crippen LogP contribution in [0.25, 0.3) is 0 Å². The van der Waals surface area contributed by atoms with Crippen LogP contribution < -0.4 is 11.1 Å². The van der Waals surface area contributed by atoms with Gasteiger partial charge in [0.05, 0.1) is 11.3 Å². The van der Waals surface area contributed by atoms with E-state index in [-0.39, 0.29) is 0 Å². The van der Waals surface area contributed by atoms with Crippen molar-refractivity contribution in [2.45, 2.75) is 18.9 Å². The Morgan fingerprint density at radius 3 is 3.00 bits per heavy atom. The first-order chi connectivity index (χ1) is 8.20. The molecule has 0 spiro atoms. The number of nitrogen functional groups attached to an aromatic ring is 1. The fourth-order valence-corrected chi connectivity index (χ4v) is 1.74. The molecule has 0 radical (unpaired) electrons. The molecule has 1 saturated carbocycles. The highest BCUT2D eigenvalue weighted by atomic mass is 15.2. The SMILES string of the molecule is CN(CCNc1ncc(C#N)cc1N)C1CC1. The zero-order chi connectivity index (χ0) is 12.3. The highest BCUT2D eigenvalue weighted by Crippen LogP contribution is 2.24. The number of nitriles is 1. The van der Waals surface area contributed by atoms with E-state index in [1.54, 1.807) is 6.07 Å². The number of hydrogen-bond acceptors (Lipinski definition) is 5. The Bertz CT molecular complexity index is 433. The lowest BCUT2D eigenvalue weighted by molar-refractivity contribution is 0.337. The Hall–Kier alpha value is -1.80. The molecule has 0 amide bonds. The van der Waals surface area contributed by atoms with Crippen LogP contribution in [0.15, 0.2) is 12.3 Å². The van der Waals surface area contributed by atoms with Crippen LogP contribution in [0.5, 0.6) is 0 Å². The topological polar surface area (TPSA) is 78.0 Å². The molecule has 1 aromatic rings. The minimum atomic E-state index is 0.489. The van der Waals surface area contributed by atoms with E-state index in [2.05, 4.69) is 22.2 Å². The van der Waals surface area contributed by atoms with Crippen molar-refractivity contribution in [3.05, 3.63) is 17.8 Å². The summed E-state index contributed by atoms with van der Waals surface area (Å²) in [5, 5.41) is 11.9. The average molecular weight is 231 g/mol. The molecule has 1 aliphatic carbocycles. The lowest BCUT2D eigenvalue weighted by Crippen LogP contribution is -2.27. The van der Waals surface area contributed by atoms with Crippen LogP contribution in [0, 0.1) is 11.3 Å². The normalized spacial score (nSPS) is 14.6. The second kappa shape index (κ2) is 5.02. The van der Waals surface area contributed by atoms with Gasteiger partial charge in [-0.15, -0.1) is 0 Å². The van der Waals surface area contributed by atoms with Crippen molar-refractivity contribution >= 4 is 11.5 Å². The lowest BCUT2D eigenvalue weighted by Gasteiger charge is -2.16. The van der Waals surface area contributed by atoms with Gasteiger partial charge in [0.15, 0.2) is 0 Å². The van der Waals surface area contributed by atoms with Gasteiger partial charge >= 0.3 is 0 Å². The molecule has 0 unspecified atom stereocenters. The van der Waals surface area contributed by atoms with Gasteiger partial charge in [0, 0.05) is 25.3 Å². The van der Waals surface area contributed by atoms with Gasteiger partial charge < -0.3 is 16.0 Å². The average Bonchev–Trinajstić information content (AvgIpc) is 3.15. The van der Waals surface area contributed by atoms with Gasteiger partial charge in [-0.25, -0.2) is 4.98 Å². The van der Waals surface area contributed by atoms with Crippen molar-refractivity contribution in [1.29, 1.82) is 5.26 Å². The number of nitrogens with one attached hydrogen (secondary N) is 1. The Morgan fingerprint density at radius 2 is 2.41 bits per heavy atom. The summed E-state index contributed by atoms with van der Waals surface area (Å²) in [4.78, 5) is 6.47. The highest BCUT2D eigenvalue weighted by molar-refractivity contribution is 5.62.